The molecule has 0 unspecified atom stereocenters. The lowest BCUT2D eigenvalue weighted by atomic mass is 10.1. The molecule has 4 heterocycles. The number of hydrogen-bond donors (Lipinski definition) is 4. The Morgan fingerprint density at radius 3 is 1.46 bits per heavy atom. The summed E-state index contributed by atoms with van der Waals surface area (Å²) < 4.78 is 80.0. The van der Waals surface area contributed by atoms with E-state index < -0.39 is 82.8 Å². The molecule has 4 aromatic carbocycles. The third kappa shape index (κ3) is 26.8. The summed E-state index contributed by atoms with van der Waals surface area (Å²) in [6.45, 7) is 12.9. The van der Waals surface area contributed by atoms with Crippen LogP contribution in [0.4, 0.5) is 47.4 Å². The lowest BCUT2D eigenvalue weighted by molar-refractivity contribution is -0.134. The van der Waals surface area contributed by atoms with Gasteiger partial charge in [-0.2, -0.15) is 27.0 Å². The van der Waals surface area contributed by atoms with E-state index in [9.17, 15) is 61.0 Å². The number of carbonyl (C=O) groups is 8. The minimum absolute atomic E-state index is 0. The molecule has 0 bridgehead atoms. The molecule has 0 aliphatic carbocycles. The van der Waals surface area contributed by atoms with Crippen molar-refractivity contribution in [3.8, 4) is 22.5 Å². The molecule has 28 nitrogen and oxygen atoms in total. The van der Waals surface area contributed by atoms with Crippen LogP contribution in [0, 0.1) is 23.3 Å². The van der Waals surface area contributed by atoms with Crippen LogP contribution in [-0.4, -0.2) is 196 Å². The van der Waals surface area contributed by atoms with Crippen LogP contribution >= 0.6 is 50.2 Å². The average Bonchev–Trinajstić information content (AvgIpc) is 1.12. The first kappa shape index (κ1) is 84.9. The zero-order valence-corrected chi connectivity index (χ0v) is 60.7. The maximum Gasteiger partial charge on any atom is 0.414 e. The summed E-state index contributed by atoms with van der Waals surface area (Å²) in [6, 6.07) is 20.2. The second-order valence-electron chi connectivity index (χ2n) is 24.6. The van der Waals surface area contributed by atoms with Crippen molar-refractivity contribution in [1.29, 1.82) is 0 Å². The highest BCUT2D eigenvalue weighted by Gasteiger charge is 2.32. The molecule has 2 fully saturated rings. The van der Waals surface area contributed by atoms with E-state index in [0.29, 0.717) is 80.3 Å². The van der Waals surface area contributed by atoms with E-state index in [2.05, 4.69) is 40.8 Å². The fourth-order valence-electron chi connectivity index (χ4n) is 9.59. The van der Waals surface area contributed by atoms with Crippen LogP contribution < -0.4 is 16.0 Å². The lowest BCUT2D eigenvalue weighted by Gasteiger charge is -2.36. The van der Waals surface area contributed by atoms with Crippen molar-refractivity contribution >= 4 is 104 Å². The molecule has 6 aromatic rings. The van der Waals surface area contributed by atoms with Crippen molar-refractivity contribution in [3.05, 3.63) is 158 Å². The number of amides is 10. The largest absolute Gasteiger partial charge is 0.447 e. The summed E-state index contributed by atoms with van der Waals surface area (Å²) in [5, 5.41) is 27.6. The van der Waals surface area contributed by atoms with Gasteiger partial charge in [0.15, 0.2) is 0 Å². The van der Waals surface area contributed by atoms with Crippen LogP contribution in [0.25, 0.3) is 33.0 Å². The number of halogens is 6. The van der Waals surface area contributed by atoms with E-state index in [4.69, 9.17) is 47.5 Å². The number of ether oxygens (including phenoxy) is 3. The number of rotatable bonds is 19. The monoisotopic (exact) mass is 1500 g/mol. The quantitative estimate of drug-likeness (QED) is 0.0192. The van der Waals surface area contributed by atoms with Gasteiger partial charge in [-0.3, -0.25) is 19.7 Å². The number of azide groups is 1. The number of nitrogens with zero attached hydrogens (tertiary/aromatic N) is 11. The number of piperazine rings is 2. The highest BCUT2D eigenvalue weighted by atomic mass is 35.5. The van der Waals surface area contributed by atoms with Gasteiger partial charge in [-0.05, 0) is 113 Å². The van der Waals surface area contributed by atoms with Crippen molar-refractivity contribution in [2.45, 2.75) is 104 Å². The molecule has 0 saturated carbocycles. The van der Waals surface area contributed by atoms with Gasteiger partial charge >= 0.3 is 30.3 Å². The van der Waals surface area contributed by atoms with E-state index in [0.717, 1.165) is 0 Å². The van der Waals surface area contributed by atoms with E-state index >= 15 is 0 Å². The Hall–Kier alpha value is -9.47. The first-order valence-corrected chi connectivity index (χ1v) is 32.1. The average molecular weight is 1510 g/mol. The van der Waals surface area contributed by atoms with Gasteiger partial charge in [0.25, 0.3) is 5.91 Å². The fraction of sp³-hybridized carbons (Fsp3) is 0.424. The van der Waals surface area contributed by atoms with E-state index in [-0.39, 0.29) is 118 Å². The number of anilines is 1. The standard InChI is InChI=1S/C33H39ClF2N6O7.C23H34ClFN4O5.C10H5FN4O2.2H2S/c1-33(2,3)48-32(46)42-15-13-41(14-16-42)28(43)12-11-24(40(4)30(44)37-19-22-8-6-10-25(36)29(22)34)20-47-31(45)38-27-18-26(39-49-27)21-7-5-9-23(35)17-21;1-23(2,3)34-22(33)29-12-10-28(11-13-29)19(31)9-8-17(15-30)27(4)21(32)26-14-16-6-5-7-18(25)20(16)24;11-7-3-1-2-6(4-7)8-5-9(17-14-8)10(16)13-15-12;;/h5-10,17-18,24H,11-16,19-20H2,1-4H3,(H,37,44)(H,38,45);5-7,17,30H,8-15H2,1-4H3,(H,26,32);1-5H;2*1H2/t24-;17-;;;/m00.../s1. The van der Waals surface area contributed by atoms with E-state index in [1.54, 1.807) is 85.4 Å². The molecular weight excluding hydrogens is 1420 g/mol. The molecule has 2 aliphatic rings. The van der Waals surface area contributed by atoms with E-state index in [1.165, 1.54) is 96.7 Å². The van der Waals surface area contributed by atoms with Crippen LogP contribution in [0.3, 0.4) is 0 Å². The van der Waals surface area contributed by atoms with Gasteiger partial charge in [-0.15, -0.1) is 0 Å². The zero-order valence-electron chi connectivity index (χ0n) is 57.1. The van der Waals surface area contributed by atoms with Crippen molar-refractivity contribution < 1.29 is 84.3 Å². The van der Waals surface area contributed by atoms with Crippen molar-refractivity contribution in [3.63, 3.8) is 0 Å². The van der Waals surface area contributed by atoms with Gasteiger partial charge in [0.05, 0.1) is 28.7 Å². The summed E-state index contributed by atoms with van der Waals surface area (Å²) in [4.78, 5) is 111. The number of benzene rings is 4. The lowest BCUT2D eigenvalue weighted by Crippen LogP contribution is -2.52. The number of aliphatic hydroxyl groups excluding tert-OH is 1. The predicted octanol–water partition coefficient (Wildman–Crippen LogP) is 11.9. The van der Waals surface area contributed by atoms with Crippen molar-refractivity contribution in [1.82, 2.24) is 50.3 Å². The van der Waals surface area contributed by atoms with Gasteiger partial charge in [-0.1, -0.05) is 82.0 Å². The summed E-state index contributed by atoms with van der Waals surface area (Å²) in [5.41, 5.74) is 9.15. The summed E-state index contributed by atoms with van der Waals surface area (Å²) in [5.74, 6) is -3.51. The number of likely N-dealkylation sites (N-methyl/N-ethyl adjacent to an activating group) is 2. The van der Waals surface area contributed by atoms with Gasteiger partial charge in [-0.25, -0.2) is 41.5 Å². The van der Waals surface area contributed by atoms with Gasteiger partial charge in [0.1, 0.15) is 52.5 Å². The first-order valence-electron chi connectivity index (χ1n) is 31.3. The number of nitrogens with one attached hydrogen (secondary N) is 3. The Morgan fingerprint density at radius 1 is 0.618 bits per heavy atom. The smallest absolute Gasteiger partial charge is 0.414 e. The summed E-state index contributed by atoms with van der Waals surface area (Å²) in [6.07, 6.45) is -1.22. The van der Waals surface area contributed by atoms with Gasteiger partial charge in [0.2, 0.25) is 23.5 Å². The molecule has 2 aromatic heterocycles. The minimum atomic E-state index is -0.920. The normalized spacial score (nSPS) is 13.2. The Morgan fingerprint density at radius 2 is 1.03 bits per heavy atom. The van der Waals surface area contributed by atoms with Gasteiger partial charge in [0, 0.05) is 121 Å². The Labute approximate surface area is 609 Å². The summed E-state index contributed by atoms with van der Waals surface area (Å²) in [7, 11) is 2.99. The number of carbonyl (C=O) groups excluding carboxylic acids is 8. The number of aliphatic hydroxyl groups is 1. The number of hydrogen-bond acceptors (Lipinski definition) is 16. The summed E-state index contributed by atoms with van der Waals surface area (Å²) >= 11 is 11.9. The molecule has 10 amide bonds. The van der Waals surface area contributed by atoms with Crippen LogP contribution in [0.2, 0.25) is 10.0 Å². The zero-order chi connectivity index (χ0) is 73.4. The molecule has 102 heavy (non-hydrogen) atoms. The number of aromatic nitrogens is 2. The third-order valence-corrected chi connectivity index (χ3v) is 15.9. The fourth-order valence-corrected chi connectivity index (χ4v) is 9.98. The van der Waals surface area contributed by atoms with Crippen molar-refractivity contribution in [2.75, 3.05) is 85.0 Å². The van der Waals surface area contributed by atoms with E-state index in [1.807, 2.05) is 0 Å². The highest BCUT2D eigenvalue weighted by Crippen LogP contribution is 2.26. The third-order valence-electron chi connectivity index (χ3n) is 15.1. The van der Waals surface area contributed by atoms with Crippen LogP contribution in [0.5, 0.6) is 0 Å². The van der Waals surface area contributed by atoms with Crippen LogP contribution in [0.15, 0.2) is 111 Å². The van der Waals surface area contributed by atoms with Crippen LogP contribution in [0.1, 0.15) is 88.9 Å². The molecular formula is C66H82Cl2F4N14O14S2. The Kier molecular flexibility index (Phi) is 33.5. The first-order chi connectivity index (χ1) is 47.3. The second-order valence-corrected chi connectivity index (χ2v) is 25.4. The Bertz CT molecular complexity index is 3880. The maximum absolute atomic E-state index is 13.9. The topological polar surface area (TPSA) is 341 Å². The molecule has 554 valence electrons. The molecule has 0 spiro atoms. The van der Waals surface area contributed by atoms with Gasteiger partial charge < -0.3 is 68.4 Å². The molecule has 4 N–H and O–H groups in total. The van der Waals surface area contributed by atoms with Crippen molar-refractivity contribution in [2.24, 2.45) is 5.11 Å². The number of urea groups is 2. The molecule has 2 atom stereocenters. The molecule has 0 radical (unpaired) electrons. The second kappa shape index (κ2) is 40.2. The highest BCUT2D eigenvalue weighted by molar-refractivity contribution is 7.59. The molecule has 2 aliphatic heterocycles. The maximum atomic E-state index is 13.9. The molecule has 2 saturated heterocycles. The van der Waals surface area contributed by atoms with Crippen LogP contribution in [-0.2, 0) is 36.9 Å². The minimum Gasteiger partial charge on any atom is -0.447 e. The molecule has 8 rings (SSSR count). The molecule has 36 heteroatoms. The SMILES string of the molecule is CN(C(=O)NCc1cccc(F)c1Cl)[C@@H](CCC(=O)N1CCN(C(=O)OC(C)(C)C)CC1)COC(=O)Nc1cc(-c2cccc(F)c2)no1.CN(C(=O)NCc1cccc(F)c1Cl)[C@H](CO)CCC(=O)N1CCN(C(=O)OC(C)(C)C)CC1.S.S.[N-]=[N+]=NC(=O)c1cc(-c2cccc(F)c2)no1. The Balaban J connectivity index is 0.000000359. The predicted molar refractivity (Wildman–Crippen MR) is 378 cm³/mol.